The maximum atomic E-state index is 13.8. The van der Waals surface area contributed by atoms with Crippen LogP contribution in [0.3, 0.4) is 0 Å². The van der Waals surface area contributed by atoms with Gasteiger partial charge in [0.25, 0.3) is 5.56 Å². The first-order valence-electron chi connectivity index (χ1n) is 7.63. The van der Waals surface area contributed by atoms with E-state index < -0.39 is 5.82 Å². The molecule has 0 saturated carbocycles. The Hall–Kier alpha value is -2.96. The maximum absolute atomic E-state index is 13.8. The summed E-state index contributed by atoms with van der Waals surface area (Å²) in [5.74, 6) is -0.607. The van der Waals surface area contributed by atoms with Crippen LogP contribution in [0, 0.1) is 5.82 Å². The number of anilines is 2. The number of rotatable bonds is 4. The van der Waals surface area contributed by atoms with E-state index in [1.807, 2.05) is 13.8 Å². The number of nitrogens with one attached hydrogen (secondary N) is 1. The number of aromatic nitrogens is 3. The maximum Gasteiger partial charge on any atom is 0.252 e. The fourth-order valence-corrected chi connectivity index (χ4v) is 2.43. The number of nitrogens with zero attached hydrogens (tertiary/aromatic N) is 3. The van der Waals surface area contributed by atoms with Gasteiger partial charge in [0, 0.05) is 29.8 Å². The van der Waals surface area contributed by atoms with Crippen molar-refractivity contribution in [2.24, 2.45) is 0 Å². The fourth-order valence-electron chi connectivity index (χ4n) is 2.43. The van der Waals surface area contributed by atoms with E-state index in [2.05, 4.69) is 15.3 Å². The first kappa shape index (κ1) is 15.9. The van der Waals surface area contributed by atoms with Crippen molar-refractivity contribution in [3.8, 4) is 5.75 Å². The van der Waals surface area contributed by atoms with Crippen LogP contribution in [0.2, 0.25) is 0 Å². The van der Waals surface area contributed by atoms with E-state index in [1.165, 1.54) is 18.2 Å². The number of fused-ring (bicyclic) bond motifs is 1. The van der Waals surface area contributed by atoms with Crippen LogP contribution >= 0.6 is 0 Å². The van der Waals surface area contributed by atoms with Gasteiger partial charge in [-0.25, -0.2) is 9.37 Å². The highest BCUT2D eigenvalue weighted by Gasteiger charge is 2.12. The van der Waals surface area contributed by atoms with E-state index in [0.29, 0.717) is 5.65 Å². The average molecular weight is 328 g/mol. The minimum absolute atomic E-state index is 0.0191. The molecule has 1 atom stereocenters. The molecule has 0 amide bonds. The van der Waals surface area contributed by atoms with Crippen molar-refractivity contribution in [3.63, 3.8) is 0 Å². The summed E-state index contributed by atoms with van der Waals surface area (Å²) >= 11 is 0. The smallest absolute Gasteiger partial charge is 0.252 e. The highest BCUT2D eigenvalue weighted by Crippen LogP contribution is 2.23. The predicted octanol–water partition coefficient (Wildman–Crippen LogP) is 3.35. The van der Waals surface area contributed by atoms with Gasteiger partial charge in [0.05, 0.1) is 5.69 Å². The highest BCUT2D eigenvalue weighted by atomic mass is 19.1. The largest absolute Gasteiger partial charge is 0.508 e. The number of phenolic OH excluding ortho intramolecular Hbond substituents is 1. The van der Waals surface area contributed by atoms with E-state index >= 15 is 0 Å². The summed E-state index contributed by atoms with van der Waals surface area (Å²) in [6.45, 7) is 3.93. The normalized spacial score (nSPS) is 12.3. The van der Waals surface area contributed by atoms with E-state index in [9.17, 15) is 14.3 Å². The number of halogens is 1. The molecule has 1 aromatic carbocycles. The Morgan fingerprint density at radius 2 is 2.12 bits per heavy atom. The summed E-state index contributed by atoms with van der Waals surface area (Å²) < 4.78 is 15.4. The van der Waals surface area contributed by atoms with Gasteiger partial charge in [0.2, 0.25) is 5.95 Å². The van der Waals surface area contributed by atoms with Gasteiger partial charge in [-0.15, -0.1) is 0 Å². The molecule has 0 bridgehead atoms. The molecule has 0 aliphatic heterocycles. The lowest BCUT2D eigenvalue weighted by atomic mass is 10.2. The van der Waals surface area contributed by atoms with Crippen LogP contribution in [0.25, 0.3) is 11.0 Å². The Morgan fingerprint density at radius 1 is 1.33 bits per heavy atom. The third-order valence-electron chi connectivity index (χ3n) is 3.90. The van der Waals surface area contributed by atoms with Crippen molar-refractivity contribution in [3.05, 3.63) is 52.7 Å². The van der Waals surface area contributed by atoms with Crippen LogP contribution in [-0.2, 0) is 0 Å². The van der Waals surface area contributed by atoms with E-state index in [0.717, 1.165) is 17.9 Å². The summed E-state index contributed by atoms with van der Waals surface area (Å²) in [4.78, 5) is 20.7. The molecule has 3 aromatic rings. The third-order valence-corrected chi connectivity index (χ3v) is 3.90. The summed E-state index contributed by atoms with van der Waals surface area (Å²) in [6, 6.07) is 6.89. The summed E-state index contributed by atoms with van der Waals surface area (Å²) in [5, 5.41) is 12.8. The van der Waals surface area contributed by atoms with Gasteiger partial charge >= 0.3 is 0 Å². The lowest BCUT2D eigenvalue weighted by Gasteiger charge is -2.16. The van der Waals surface area contributed by atoms with Crippen LogP contribution in [0.15, 0.2) is 41.3 Å². The molecule has 0 aliphatic carbocycles. The molecular formula is C17H17FN4O2. The SMILES string of the molecule is CC[C@@H](C)n1c(=O)ccc2cnc(Nc3ccc(O)cc3F)nc21. The Bertz CT molecular complexity index is 955. The second kappa shape index (κ2) is 6.27. The van der Waals surface area contributed by atoms with Gasteiger partial charge in [-0.1, -0.05) is 6.92 Å². The molecule has 2 heterocycles. The number of hydrogen-bond donors (Lipinski definition) is 2. The molecule has 0 fully saturated rings. The molecule has 7 heteroatoms. The van der Waals surface area contributed by atoms with Crippen molar-refractivity contribution in [2.45, 2.75) is 26.3 Å². The van der Waals surface area contributed by atoms with Crippen molar-refractivity contribution in [1.29, 1.82) is 0 Å². The van der Waals surface area contributed by atoms with Crippen LogP contribution in [0.4, 0.5) is 16.0 Å². The zero-order chi connectivity index (χ0) is 17.3. The van der Waals surface area contributed by atoms with Crippen LogP contribution < -0.4 is 10.9 Å². The van der Waals surface area contributed by atoms with E-state index in [4.69, 9.17) is 0 Å². The first-order valence-corrected chi connectivity index (χ1v) is 7.63. The zero-order valence-corrected chi connectivity index (χ0v) is 13.3. The lowest BCUT2D eigenvalue weighted by Crippen LogP contribution is -2.23. The van der Waals surface area contributed by atoms with Gasteiger partial charge in [0.15, 0.2) is 0 Å². The predicted molar refractivity (Wildman–Crippen MR) is 90.1 cm³/mol. The average Bonchev–Trinajstić information content (AvgIpc) is 2.56. The highest BCUT2D eigenvalue weighted by molar-refractivity contribution is 5.75. The monoisotopic (exact) mass is 328 g/mol. The topological polar surface area (TPSA) is 80.0 Å². The fraction of sp³-hybridized carbons (Fsp3) is 0.235. The third kappa shape index (κ3) is 2.92. The molecule has 3 rings (SSSR count). The van der Waals surface area contributed by atoms with Crippen molar-refractivity contribution >= 4 is 22.7 Å². The van der Waals surface area contributed by atoms with Crippen LogP contribution in [0.5, 0.6) is 5.75 Å². The van der Waals surface area contributed by atoms with Crippen molar-refractivity contribution in [1.82, 2.24) is 14.5 Å². The molecule has 0 saturated heterocycles. The van der Waals surface area contributed by atoms with Gasteiger partial charge in [0.1, 0.15) is 17.2 Å². The minimum Gasteiger partial charge on any atom is -0.508 e. The quantitative estimate of drug-likeness (QED) is 0.718. The van der Waals surface area contributed by atoms with Gasteiger partial charge in [-0.05, 0) is 31.5 Å². The number of benzene rings is 1. The number of phenols is 1. The molecule has 0 spiro atoms. The first-order chi connectivity index (χ1) is 11.5. The summed E-state index contributed by atoms with van der Waals surface area (Å²) in [5.41, 5.74) is 0.492. The Balaban J connectivity index is 2.08. The van der Waals surface area contributed by atoms with Crippen molar-refractivity contribution in [2.75, 3.05) is 5.32 Å². The molecule has 0 radical (unpaired) electrons. The molecule has 0 unspecified atom stereocenters. The zero-order valence-electron chi connectivity index (χ0n) is 13.3. The number of hydrogen-bond acceptors (Lipinski definition) is 5. The minimum atomic E-state index is -0.619. The van der Waals surface area contributed by atoms with Gasteiger partial charge < -0.3 is 10.4 Å². The molecule has 24 heavy (non-hydrogen) atoms. The van der Waals surface area contributed by atoms with E-state index in [-0.39, 0.29) is 29.0 Å². The molecule has 0 aliphatic rings. The van der Waals surface area contributed by atoms with E-state index in [1.54, 1.807) is 16.8 Å². The Kier molecular flexibility index (Phi) is 4.16. The standard InChI is InChI=1S/C17H17FN4O2/c1-3-10(2)22-15(24)7-4-11-9-19-17(21-16(11)22)20-14-6-5-12(23)8-13(14)18/h4-10,23H,3H2,1-2H3,(H,19,20,21)/t10-/m1/s1. The van der Waals surface area contributed by atoms with Crippen LogP contribution in [-0.4, -0.2) is 19.6 Å². The second-order valence-corrected chi connectivity index (χ2v) is 5.56. The summed E-state index contributed by atoms with van der Waals surface area (Å²) in [6.07, 6.45) is 2.36. The lowest BCUT2D eigenvalue weighted by molar-refractivity contribution is 0.469. The molecular weight excluding hydrogens is 311 g/mol. The molecule has 2 N–H and O–H groups in total. The van der Waals surface area contributed by atoms with Crippen molar-refractivity contribution < 1.29 is 9.50 Å². The molecule has 2 aromatic heterocycles. The second-order valence-electron chi connectivity index (χ2n) is 5.56. The molecule has 6 nitrogen and oxygen atoms in total. The summed E-state index contributed by atoms with van der Waals surface area (Å²) in [7, 11) is 0. The van der Waals surface area contributed by atoms with Crippen LogP contribution in [0.1, 0.15) is 26.3 Å². The Labute approximate surface area is 137 Å². The van der Waals surface area contributed by atoms with Gasteiger partial charge in [-0.2, -0.15) is 4.98 Å². The van der Waals surface area contributed by atoms with Gasteiger partial charge in [-0.3, -0.25) is 9.36 Å². The Morgan fingerprint density at radius 3 is 2.83 bits per heavy atom. The number of pyridine rings is 1. The molecule has 124 valence electrons. The number of aromatic hydroxyl groups is 1.